The average molecular weight is 589 g/mol. The molecule has 0 saturated carbocycles. The van der Waals surface area contributed by atoms with Gasteiger partial charge in [0.05, 0.1) is 6.61 Å². The van der Waals surface area contributed by atoms with Crippen LogP contribution in [-0.2, 0) is 19.8 Å². The minimum atomic E-state index is 0.248. The molecule has 0 unspecified atom stereocenters. The lowest BCUT2D eigenvalue weighted by Crippen LogP contribution is -2.25. The molecule has 0 amide bonds. The number of benzene rings is 2. The molecule has 2 heterocycles. The third-order valence-corrected chi connectivity index (χ3v) is 9.46. The first-order chi connectivity index (χ1) is 21.3. The fourth-order valence-corrected chi connectivity index (χ4v) is 7.01. The predicted octanol–water partition coefficient (Wildman–Crippen LogP) is 10.9. The van der Waals surface area contributed by atoms with Gasteiger partial charge >= 0.3 is 7.48 Å². The van der Waals surface area contributed by atoms with E-state index in [1.807, 2.05) is 0 Å². The predicted molar refractivity (Wildman–Crippen MR) is 189 cm³/mol. The van der Waals surface area contributed by atoms with Gasteiger partial charge in [-0.15, -0.1) is 0 Å². The molecule has 2 aliphatic heterocycles. The number of hydrogen-bond donors (Lipinski definition) is 0. The molecule has 2 aromatic rings. The van der Waals surface area contributed by atoms with Gasteiger partial charge in [-0.1, -0.05) is 165 Å². The van der Waals surface area contributed by atoms with Gasteiger partial charge in [0.1, 0.15) is 0 Å². The average Bonchev–Trinajstić information content (AvgIpc) is 3.86. The molecule has 3 nitrogen and oxygen atoms in total. The third kappa shape index (κ3) is 12.8. The van der Waals surface area contributed by atoms with Crippen LogP contribution in [0.5, 0.6) is 0 Å². The van der Waals surface area contributed by atoms with Crippen LogP contribution in [0.25, 0.3) is 11.1 Å². The fraction of sp³-hybridized carbons (Fsp3) is 0.684. The molecule has 5 rings (SSSR count). The summed E-state index contributed by atoms with van der Waals surface area (Å²) in [6.07, 6.45) is 28.7. The van der Waals surface area contributed by atoms with E-state index < -0.39 is 0 Å². The normalized spacial score (nSPS) is 15.8. The summed E-state index contributed by atoms with van der Waals surface area (Å²) in [5, 5.41) is 0. The minimum absolute atomic E-state index is 0.248. The van der Waals surface area contributed by atoms with Crippen molar-refractivity contribution in [2.45, 2.75) is 154 Å². The van der Waals surface area contributed by atoms with Gasteiger partial charge < -0.3 is 9.46 Å². The minimum Gasteiger partial charge on any atom is -0.439 e. The maximum atomic E-state index is 4.94. The number of hydrogen-bond acceptors (Lipinski definition) is 3. The van der Waals surface area contributed by atoms with Crippen LogP contribution in [0.4, 0.5) is 0 Å². The Morgan fingerprint density at radius 1 is 0.558 bits per heavy atom. The van der Waals surface area contributed by atoms with Crippen molar-refractivity contribution < 1.29 is 14.3 Å². The Balaban J connectivity index is 0.000000423. The Morgan fingerprint density at radius 3 is 1.40 bits per heavy atom. The molecule has 0 spiro atoms. The number of unbranched alkanes of at least 4 members (excludes halogenated alkanes) is 14. The molecule has 0 aromatic heterocycles. The highest BCUT2D eigenvalue weighted by atomic mass is 17.2. The topological polar surface area (TPSA) is 27.7 Å². The molecular weight excluding hydrogens is 526 g/mol. The van der Waals surface area contributed by atoms with E-state index in [0.29, 0.717) is 0 Å². The van der Waals surface area contributed by atoms with Crippen LogP contribution in [0.1, 0.15) is 147 Å². The van der Waals surface area contributed by atoms with E-state index in [0.717, 1.165) is 34.5 Å². The first-order valence-electron chi connectivity index (χ1n) is 18.3. The standard InChI is InChI=1S/C33H50.C3H7BO.C2H5BO2/c1-3-5-7-9-11-13-15-21-27-33(28-22-16-14-12-10-8-6-4-2)31-25-19-17-23-29(31)30-24-18-20-26-32(30)33;2*1-2-4-5-3-1/h17-20,23-26H,3-16,21-22,27-28H2,1-2H3;4H,1-3H2;3H,1-2H2. The van der Waals surface area contributed by atoms with Crippen molar-refractivity contribution in [3.8, 4) is 11.1 Å². The lowest BCUT2D eigenvalue weighted by Gasteiger charge is -2.33. The SMILES string of the molecule is B1CCCO1.B1CCOO1.CCCCCCCCCCC1(CCCCCCCCCC)c2ccccc2-c2ccccc21. The lowest BCUT2D eigenvalue weighted by atomic mass is 9.70. The second-order valence-electron chi connectivity index (χ2n) is 12.9. The van der Waals surface area contributed by atoms with Crippen LogP contribution >= 0.6 is 0 Å². The third-order valence-electron chi connectivity index (χ3n) is 9.46. The molecule has 2 saturated heterocycles. The van der Waals surface area contributed by atoms with Crippen molar-refractivity contribution in [1.29, 1.82) is 0 Å². The number of rotatable bonds is 18. The molecule has 0 radical (unpaired) electrons. The van der Waals surface area contributed by atoms with Crippen molar-refractivity contribution in [2.24, 2.45) is 0 Å². The molecule has 0 atom stereocenters. The van der Waals surface area contributed by atoms with Crippen LogP contribution in [0.3, 0.4) is 0 Å². The van der Waals surface area contributed by atoms with Crippen LogP contribution in [0, 0.1) is 0 Å². The molecule has 5 heteroatoms. The van der Waals surface area contributed by atoms with E-state index in [1.165, 1.54) is 139 Å². The molecule has 1 aliphatic carbocycles. The van der Waals surface area contributed by atoms with Gasteiger partial charge in [0.2, 0.25) is 0 Å². The smallest absolute Gasteiger partial charge is 0.325 e. The first-order valence-corrected chi connectivity index (χ1v) is 18.3. The van der Waals surface area contributed by atoms with Crippen molar-refractivity contribution in [3.63, 3.8) is 0 Å². The van der Waals surface area contributed by atoms with E-state index in [4.69, 9.17) is 4.65 Å². The van der Waals surface area contributed by atoms with E-state index in [9.17, 15) is 0 Å². The summed E-state index contributed by atoms with van der Waals surface area (Å²) in [7, 11) is 1.78. The maximum Gasteiger partial charge on any atom is 0.325 e. The van der Waals surface area contributed by atoms with E-state index >= 15 is 0 Å². The van der Waals surface area contributed by atoms with Crippen LogP contribution in [0.2, 0.25) is 12.6 Å². The zero-order valence-electron chi connectivity index (χ0n) is 28.0. The zero-order valence-corrected chi connectivity index (χ0v) is 28.0. The molecule has 3 aliphatic rings. The summed E-state index contributed by atoms with van der Waals surface area (Å²) < 4.78 is 4.94. The van der Waals surface area contributed by atoms with E-state index in [2.05, 4.69) is 72.1 Å². The Morgan fingerprint density at radius 2 is 1.05 bits per heavy atom. The monoisotopic (exact) mass is 588 g/mol. The molecule has 2 aromatic carbocycles. The molecule has 238 valence electrons. The summed E-state index contributed by atoms with van der Waals surface area (Å²) in [6, 6.07) is 18.7. The van der Waals surface area contributed by atoms with Gasteiger partial charge in [0.15, 0.2) is 0 Å². The van der Waals surface area contributed by atoms with Crippen molar-refractivity contribution in [1.82, 2.24) is 0 Å². The maximum absolute atomic E-state index is 4.94. The quantitative estimate of drug-likeness (QED) is 0.0985. The highest BCUT2D eigenvalue weighted by molar-refractivity contribution is 6.27. The second-order valence-corrected chi connectivity index (χ2v) is 12.9. The van der Waals surface area contributed by atoms with Crippen LogP contribution in [0.15, 0.2) is 48.5 Å². The Labute approximate surface area is 266 Å². The molecule has 0 bridgehead atoms. The highest BCUT2D eigenvalue weighted by Crippen LogP contribution is 2.54. The Bertz CT molecular complexity index is 865. The van der Waals surface area contributed by atoms with Gasteiger partial charge in [-0.2, -0.15) is 0 Å². The van der Waals surface area contributed by atoms with Gasteiger partial charge in [0.25, 0.3) is 7.48 Å². The molecule has 2 fully saturated rings. The Kier molecular flexibility index (Phi) is 19.1. The Hall–Kier alpha value is -1.55. The lowest BCUT2D eigenvalue weighted by molar-refractivity contribution is -0.181. The largest absolute Gasteiger partial charge is 0.439 e. The van der Waals surface area contributed by atoms with Gasteiger partial charge in [-0.3, -0.25) is 4.89 Å². The van der Waals surface area contributed by atoms with Crippen molar-refractivity contribution in [3.05, 3.63) is 59.7 Å². The zero-order chi connectivity index (χ0) is 30.3. The first kappa shape index (κ1) is 35.9. The van der Waals surface area contributed by atoms with Gasteiger partial charge in [-0.05, 0) is 54.2 Å². The van der Waals surface area contributed by atoms with Gasteiger partial charge in [0, 0.05) is 12.0 Å². The summed E-state index contributed by atoms with van der Waals surface area (Å²) in [5.74, 6) is 0. The second kappa shape index (κ2) is 22.9. The summed E-state index contributed by atoms with van der Waals surface area (Å²) in [5.41, 5.74) is 6.51. The summed E-state index contributed by atoms with van der Waals surface area (Å²) in [4.78, 5) is 8.89. The van der Waals surface area contributed by atoms with Crippen LogP contribution < -0.4 is 0 Å². The number of fused-ring (bicyclic) bond motifs is 3. The van der Waals surface area contributed by atoms with Crippen molar-refractivity contribution >= 4 is 15.0 Å². The van der Waals surface area contributed by atoms with E-state index in [-0.39, 0.29) is 5.41 Å². The molecule has 0 N–H and O–H groups in total. The van der Waals surface area contributed by atoms with Crippen LogP contribution in [-0.4, -0.2) is 28.2 Å². The van der Waals surface area contributed by atoms with Crippen molar-refractivity contribution in [2.75, 3.05) is 13.2 Å². The summed E-state index contributed by atoms with van der Waals surface area (Å²) in [6.45, 7) is 6.40. The van der Waals surface area contributed by atoms with Gasteiger partial charge in [-0.25, -0.2) is 0 Å². The van der Waals surface area contributed by atoms with E-state index in [1.54, 1.807) is 11.1 Å². The highest BCUT2D eigenvalue weighted by Gasteiger charge is 2.41. The molecule has 43 heavy (non-hydrogen) atoms. The fourth-order valence-electron chi connectivity index (χ4n) is 7.01. The summed E-state index contributed by atoms with van der Waals surface area (Å²) >= 11 is 0. The molecular formula is C38H62B2O3.